The van der Waals surface area contributed by atoms with Crippen LogP contribution in [0.3, 0.4) is 0 Å². The third kappa shape index (κ3) is 2.97. The van der Waals surface area contributed by atoms with Crippen molar-refractivity contribution in [2.75, 3.05) is 18.0 Å². The molecule has 1 aliphatic heterocycles. The summed E-state index contributed by atoms with van der Waals surface area (Å²) < 4.78 is 0. The zero-order valence-corrected chi connectivity index (χ0v) is 16.4. The summed E-state index contributed by atoms with van der Waals surface area (Å²) in [5.41, 5.74) is 5.96. The van der Waals surface area contributed by atoms with Crippen molar-refractivity contribution in [3.05, 3.63) is 23.9 Å². The molecule has 5 fully saturated rings. The van der Waals surface area contributed by atoms with Crippen molar-refractivity contribution >= 4 is 17.6 Å². The van der Waals surface area contributed by atoms with E-state index in [0.29, 0.717) is 23.4 Å². The van der Waals surface area contributed by atoms with E-state index in [-0.39, 0.29) is 23.3 Å². The van der Waals surface area contributed by atoms with Gasteiger partial charge >= 0.3 is 0 Å². The summed E-state index contributed by atoms with van der Waals surface area (Å²) in [6, 6.07) is 5.90. The first-order chi connectivity index (χ1) is 13.5. The number of nitrogens with one attached hydrogen (secondary N) is 1. The molecule has 4 bridgehead atoms. The first-order valence-electron chi connectivity index (χ1n) is 10.9. The maximum atomic E-state index is 13.0. The lowest BCUT2D eigenvalue weighted by Gasteiger charge is -2.58. The van der Waals surface area contributed by atoms with Crippen LogP contribution < -0.4 is 16.0 Å². The number of primary amides is 1. The molecule has 4 aliphatic carbocycles. The number of hydrogen-bond donors (Lipinski definition) is 2. The van der Waals surface area contributed by atoms with E-state index in [1.807, 2.05) is 18.2 Å². The molecule has 0 radical (unpaired) electrons. The smallest absolute Gasteiger partial charge is 0.270 e. The van der Waals surface area contributed by atoms with Crippen LogP contribution in [0.15, 0.2) is 18.2 Å². The van der Waals surface area contributed by atoms with E-state index in [4.69, 9.17) is 5.73 Å². The molecule has 4 saturated carbocycles. The van der Waals surface area contributed by atoms with Gasteiger partial charge in [-0.15, -0.1) is 0 Å². The topological polar surface area (TPSA) is 88.3 Å². The molecule has 28 heavy (non-hydrogen) atoms. The summed E-state index contributed by atoms with van der Waals surface area (Å²) in [6.45, 7) is 2.03. The Balaban J connectivity index is 1.31. The third-order valence-corrected chi connectivity index (χ3v) is 7.74. The summed E-state index contributed by atoms with van der Waals surface area (Å²) >= 11 is 0. The van der Waals surface area contributed by atoms with Crippen molar-refractivity contribution in [2.24, 2.45) is 28.9 Å². The fourth-order valence-electron chi connectivity index (χ4n) is 6.64. The van der Waals surface area contributed by atoms with Gasteiger partial charge in [-0.3, -0.25) is 9.59 Å². The van der Waals surface area contributed by atoms with Crippen LogP contribution >= 0.6 is 0 Å². The summed E-state index contributed by atoms with van der Waals surface area (Å²) in [4.78, 5) is 32.1. The maximum absolute atomic E-state index is 13.0. The van der Waals surface area contributed by atoms with Crippen molar-refractivity contribution in [3.63, 3.8) is 0 Å². The molecule has 0 aromatic carbocycles. The molecule has 2 amide bonds. The number of carbonyl (C=O) groups is 2. The second-order valence-electron chi connectivity index (χ2n) is 9.54. The van der Waals surface area contributed by atoms with Gasteiger partial charge in [0.15, 0.2) is 0 Å². The first-order valence-corrected chi connectivity index (χ1v) is 10.9. The van der Waals surface area contributed by atoms with Gasteiger partial charge in [0.05, 0.1) is 0 Å². The fourth-order valence-corrected chi connectivity index (χ4v) is 6.64. The van der Waals surface area contributed by atoms with E-state index in [1.165, 1.54) is 19.3 Å². The largest absolute Gasteiger partial charge is 0.369 e. The zero-order chi connectivity index (χ0) is 19.3. The fraction of sp³-hybridized carbons (Fsp3) is 0.682. The SMILES string of the molecule is NC(=O)[C@]12CC3CC(C1)[C@@H](NC(=O)c1cccc(N4CCCCC4)n1)C(C3)C2. The molecular formula is C22H30N4O2. The van der Waals surface area contributed by atoms with Gasteiger partial charge in [-0.1, -0.05) is 6.07 Å². The molecular weight excluding hydrogens is 352 g/mol. The predicted molar refractivity (Wildman–Crippen MR) is 107 cm³/mol. The molecule has 150 valence electrons. The average Bonchev–Trinajstić information content (AvgIpc) is 2.71. The van der Waals surface area contributed by atoms with Crippen LogP contribution in [0.25, 0.3) is 0 Å². The molecule has 1 saturated heterocycles. The Hall–Kier alpha value is -2.11. The van der Waals surface area contributed by atoms with Gasteiger partial charge in [0.1, 0.15) is 11.5 Å². The Bertz CT molecular complexity index is 772. The lowest BCUT2D eigenvalue weighted by molar-refractivity contribution is -0.145. The number of nitrogens with zero attached hydrogens (tertiary/aromatic N) is 2. The van der Waals surface area contributed by atoms with Gasteiger partial charge in [0, 0.05) is 24.5 Å². The molecule has 1 aromatic rings. The second kappa shape index (κ2) is 6.75. The van der Waals surface area contributed by atoms with Crippen LogP contribution in [-0.2, 0) is 4.79 Å². The Morgan fingerprint density at radius 1 is 1.07 bits per heavy atom. The molecule has 2 heterocycles. The highest BCUT2D eigenvalue weighted by atomic mass is 16.2. The summed E-state index contributed by atoms with van der Waals surface area (Å²) in [5.74, 6) is 2.03. The van der Waals surface area contributed by atoms with Crippen LogP contribution in [0, 0.1) is 23.2 Å². The number of rotatable bonds is 4. The third-order valence-electron chi connectivity index (χ3n) is 7.74. The number of piperidine rings is 1. The number of anilines is 1. The van der Waals surface area contributed by atoms with E-state index in [0.717, 1.165) is 51.0 Å². The molecule has 6 nitrogen and oxygen atoms in total. The molecule has 3 N–H and O–H groups in total. The minimum Gasteiger partial charge on any atom is -0.369 e. The number of pyridine rings is 1. The monoisotopic (exact) mass is 382 g/mol. The summed E-state index contributed by atoms with van der Waals surface area (Å²) in [7, 11) is 0. The van der Waals surface area contributed by atoms with Crippen LogP contribution in [0.1, 0.15) is 61.9 Å². The predicted octanol–water partition coefficient (Wildman–Crippen LogP) is 2.48. The molecule has 1 aromatic heterocycles. The number of nitrogens with two attached hydrogens (primary N) is 1. The van der Waals surface area contributed by atoms with Gasteiger partial charge in [-0.05, 0) is 81.3 Å². The minimum absolute atomic E-state index is 0.0792. The zero-order valence-electron chi connectivity index (χ0n) is 16.4. The molecule has 0 spiro atoms. The van der Waals surface area contributed by atoms with Crippen LogP contribution in [0.4, 0.5) is 5.82 Å². The Kier molecular flexibility index (Phi) is 4.33. The van der Waals surface area contributed by atoms with E-state index in [2.05, 4.69) is 15.2 Å². The number of amides is 2. The first kappa shape index (κ1) is 18.0. The van der Waals surface area contributed by atoms with Gasteiger partial charge in [0.2, 0.25) is 5.91 Å². The Morgan fingerprint density at radius 3 is 2.46 bits per heavy atom. The Labute approximate surface area is 166 Å². The average molecular weight is 383 g/mol. The number of carbonyl (C=O) groups excluding carboxylic acids is 2. The maximum Gasteiger partial charge on any atom is 0.270 e. The molecule has 6 heteroatoms. The highest BCUT2D eigenvalue weighted by Crippen LogP contribution is 2.59. The van der Waals surface area contributed by atoms with Gasteiger partial charge < -0.3 is 16.0 Å². The molecule has 2 unspecified atom stereocenters. The highest BCUT2D eigenvalue weighted by Gasteiger charge is 2.58. The standard InChI is InChI=1S/C22H30N4O2/c23-21(28)22-11-14-9-15(12-22)19(16(10-14)13-22)25-20(27)17-5-4-6-18(24-17)26-7-2-1-3-8-26/h4-6,14-16,19H,1-3,7-13H2,(H2,23,28)(H,25,27)/t14?,15?,16?,19-,22-. The molecule has 2 atom stereocenters. The summed E-state index contributed by atoms with van der Waals surface area (Å²) in [5, 5.41) is 3.29. The normalized spacial score (nSPS) is 36.4. The van der Waals surface area contributed by atoms with Crippen LogP contribution in [-0.4, -0.2) is 35.9 Å². The van der Waals surface area contributed by atoms with Crippen molar-refractivity contribution in [3.8, 4) is 0 Å². The number of hydrogen-bond acceptors (Lipinski definition) is 4. The van der Waals surface area contributed by atoms with E-state index in [1.54, 1.807) is 0 Å². The van der Waals surface area contributed by atoms with E-state index in [9.17, 15) is 9.59 Å². The minimum atomic E-state index is -0.315. The lowest BCUT2D eigenvalue weighted by atomic mass is 9.47. The Morgan fingerprint density at radius 2 is 1.79 bits per heavy atom. The van der Waals surface area contributed by atoms with Gasteiger partial charge in [0.25, 0.3) is 5.91 Å². The molecule has 5 aliphatic rings. The van der Waals surface area contributed by atoms with Gasteiger partial charge in [-0.25, -0.2) is 4.98 Å². The highest BCUT2D eigenvalue weighted by molar-refractivity contribution is 5.93. The van der Waals surface area contributed by atoms with E-state index >= 15 is 0 Å². The summed E-state index contributed by atoms with van der Waals surface area (Å²) in [6.07, 6.45) is 8.49. The van der Waals surface area contributed by atoms with Crippen molar-refractivity contribution in [1.29, 1.82) is 0 Å². The van der Waals surface area contributed by atoms with E-state index < -0.39 is 0 Å². The number of aromatic nitrogens is 1. The molecule has 6 rings (SSSR count). The van der Waals surface area contributed by atoms with Crippen molar-refractivity contribution in [2.45, 2.75) is 57.4 Å². The van der Waals surface area contributed by atoms with Crippen molar-refractivity contribution in [1.82, 2.24) is 10.3 Å². The van der Waals surface area contributed by atoms with Gasteiger partial charge in [-0.2, -0.15) is 0 Å². The van der Waals surface area contributed by atoms with Crippen LogP contribution in [0.2, 0.25) is 0 Å². The lowest BCUT2D eigenvalue weighted by Crippen LogP contribution is -2.62. The second-order valence-corrected chi connectivity index (χ2v) is 9.54. The quantitative estimate of drug-likeness (QED) is 0.837. The van der Waals surface area contributed by atoms with Crippen molar-refractivity contribution < 1.29 is 9.59 Å². The van der Waals surface area contributed by atoms with Crippen LogP contribution in [0.5, 0.6) is 0 Å².